The first-order chi connectivity index (χ1) is 13.2. The molecule has 3 unspecified atom stereocenters. The number of hydrogen-bond acceptors (Lipinski definition) is 6. The number of fused-ring (bicyclic) bond motifs is 1. The Balaban J connectivity index is 1.37. The van der Waals surface area contributed by atoms with Gasteiger partial charge in [-0.15, -0.1) is 10.2 Å². The van der Waals surface area contributed by atoms with Gasteiger partial charge in [0.15, 0.2) is 5.82 Å². The molecule has 4 rings (SSSR count). The molecule has 2 aromatic heterocycles. The Kier molecular flexibility index (Phi) is 5.13. The van der Waals surface area contributed by atoms with Crippen LogP contribution in [0.2, 0.25) is 0 Å². The summed E-state index contributed by atoms with van der Waals surface area (Å²) in [7, 11) is 0. The molecule has 27 heavy (non-hydrogen) atoms. The average Bonchev–Trinajstić information content (AvgIpc) is 3.30. The van der Waals surface area contributed by atoms with Crippen LogP contribution in [0.25, 0.3) is 0 Å². The first-order valence-electron chi connectivity index (χ1n) is 9.51. The third kappa shape index (κ3) is 3.84. The van der Waals surface area contributed by atoms with Crippen molar-refractivity contribution >= 4 is 12.3 Å². The molecule has 0 aromatic carbocycles. The standard InChI is InChI=1S/C19H24N6O2/c1-2-14-8-15(27-19(26)22-11-13-4-3-5-20-10-13)9-16(14)18-24-23-17-12-21-6-7-25(17)18/h3-5,10,12,14-16H,2,6-9,11H2,1H3,(H,22,26). The fraction of sp³-hybridized carbons (Fsp3) is 0.526. The van der Waals surface area contributed by atoms with Gasteiger partial charge in [0, 0.05) is 31.4 Å². The van der Waals surface area contributed by atoms with Crippen LogP contribution in [-0.4, -0.2) is 44.7 Å². The Morgan fingerprint density at radius 3 is 3.11 bits per heavy atom. The molecule has 0 radical (unpaired) electrons. The lowest BCUT2D eigenvalue weighted by Gasteiger charge is -2.19. The summed E-state index contributed by atoms with van der Waals surface area (Å²) in [5, 5.41) is 11.5. The van der Waals surface area contributed by atoms with Crippen molar-refractivity contribution in [3.05, 3.63) is 41.7 Å². The number of alkyl carbamates (subject to hydrolysis) is 1. The van der Waals surface area contributed by atoms with E-state index in [1.807, 2.05) is 12.1 Å². The lowest BCUT2D eigenvalue weighted by molar-refractivity contribution is 0.0976. The van der Waals surface area contributed by atoms with Gasteiger partial charge >= 0.3 is 6.09 Å². The molecule has 1 saturated carbocycles. The van der Waals surface area contributed by atoms with E-state index in [0.717, 1.165) is 49.6 Å². The lowest BCUT2D eigenvalue weighted by Crippen LogP contribution is -2.27. The molecule has 3 atom stereocenters. The molecule has 8 heteroatoms. The number of rotatable bonds is 5. The van der Waals surface area contributed by atoms with Crippen molar-refractivity contribution in [2.45, 2.75) is 51.3 Å². The van der Waals surface area contributed by atoms with Gasteiger partial charge < -0.3 is 14.6 Å². The van der Waals surface area contributed by atoms with Gasteiger partial charge in [0.1, 0.15) is 11.9 Å². The van der Waals surface area contributed by atoms with E-state index in [4.69, 9.17) is 4.74 Å². The largest absolute Gasteiger partial charge is 0.446 e. The molecule has 142 valence electrons. The number of pyridine rings is 1. The zero-order valence-corrected chi connectivity index (χ0v) is 15.4. The molecule has 1 fully saturated rings. The smallest absolute Gasteiger partial charge is 0.407 e. The topological polar surface area (TPSA) is 94.3 Å². The Bertz CT molecular complexity index is 819. The molecule has 1 N–H and O–H groups in total. The average molecular weight is 368 g/mol. The number of nitrogens with zero attached hydrogens (tertiary/aromatic N) is 5. The van der Waals surface area contributed by atoms with Crippen LogP contribution in [0.4, 0.5) is 4.79 Å². The second-order valence-corrected chi connectivity index (χ2v) is 7.09. The van der Waals surface area contributed by atoms with E-state index in [0.29, 0.717) is 12.5 Å². The second-order valence-electron chi connectivity index (χ2n) is 7.09. The van der Waals surface area contributed by atoms with Crippen LogP contribution in [-0.2, 0) is 17.8 Å². The van der Waals surface area contributed by atoms with E-state index >= 15 is 0 Å². The molecule has 1 aliphatic carbocycles. The lowest BCUT2D eigenvalue weighted by atomic mass is 9.93. The Labute approximate surface area is 158 Å². The molecule has 1 aliphatic heterocycles. The van der Waals surface area contributed by atoms with Crippen LogP contribution < -0.4 is 5.32 Å². The van der Waals surface area contributed by atoms with E-state index < -0.39 is 0 Å². The summed E-state index contributed by atoms with van der Waals surface area (Å²) in [4.78, 5) is 20.5. The highest BCUT2D eigenvalue weighted by Crippen LogP contribution is 2.42. The summed E-state index contributed by atoms with van der Waals surface area (Å²) in [6.07, 6.45) is 7.42. The van der Waals surface area contributed by atoms with Gasteiger partial charge in [-0.25, -0.2) is 4.79 Å². The minimum atomic E-state index is -0.380. The Morgan fingerprint density at radius 1 is 1.37 bits per heavy atom. The summed E-state index contributed by atoms with van der Waals surface area (Å²) in [5.41, 5.74) is 0.946. The molecule has 2 aromatic rings. The van der Waals surface area contributed by atoms with E-state index in [9.17, 15) is 4.79 Å². The van der Waals surface area contributed by atoms with Gasteiger partial charge in [-0.2, -0.15) is 0 Å². The van der Waals surface area contributed by atoms with Crippen molar-refractivity contribution < 1.29 is 9.53 Å². The summed E-state index contributed by atoms with van der Waals surface area (Å²) in [6, 6.07) is 3.77. The zero-order chi connectivity index (χ0) is 18.6. The summed E-state index contributed by atoms with van der Waals surface area (Å²) >= 11 is 0. The maximum absolute atomic E-state index is 12.2. The SMILES string of the molecule is CCC1CC(OC(=O)NCc2cccnc2)CC1c1nnc2n1CCN=C2. The predicted octanol–water partition coefficient (Wildman–Crippen LogP) is 2.30. The number of amides is 1. The fourth-order valence-electron chi connectivity index (χ4n) is 4.04. The van der Waals surface area contributed by atoms with E-state index in [1.54, 1.807) is 18.6 Å². The van der Waals surface area contributed by atoms with Crippen molar-refractivity contribution in [1.82, 2.24) is 25.1 Å². The molecular formula is C19H24N6O2. The van der Waals surface area contributed by atoms with Crippen LogP contribution in [0.1, 0.15) is 49.3 Å². The Hall–Kier alpha value is -2.77. The third-order valence-electron chi connectivity index (χ3n) is 5.41. The summed E-state index contributed by atoms with van der Waals surface area (Å²) < 4.78 is 7.84. The maximum atomic E-state index is 12.2. The molecule has 3 heterocycles. The molecule has 2 aliphatic rings. The maximum Gasteiger partial charge on any atom is 0.407 e. The van der Waals surface area contributed by atoms with Crippen molar-refractivity contribution in [3.63, 3.8) is 0 Å². The minimum Gasteiger partial charge on any atom is -0.446 e. The first kappa shape index (κ1) is 17.6. The second kappa shape index (κ2) is 7.85. The van der Waals surface area contributed by atoms with E-state index in [-0.39, 0.29) is 18.1 Å². The summed E-state index contributed by atoms with van der Waals surface area (Å²) in [6.45, 7) is 4.17. The number of carbonyl (C=O) groups excluding carboxylic acids is 1. The van der Waals surface area contributed by atoms with Gasteiger partial charge in [-0.3, -0.25) is 9.98 Å². The number of aliphatic imine (C=N–C) groups is 1. The van der Waals surface area contributed by atoms with Crippen LogP contribution in [0, 0.1) is 5.92 Å². The van der Waals surface area contributed by atoms with E-state index in [1.165, 1.54) is 0 Å². The highest BCUT2D eigenvalue weighted by Gasteiger charge is 2.39. The van der Waals surface area contributed by atoms with Crippen molar-refractivity contribution in [3.8, 4) is 0 Å². The number of ether oxygens (including phenoxy) is 1. The van der Waals surface area contributed by atoms with Crippen LogP contribution in [0.15, 0.2) is 29.5 Å². The first-order valence-corrected chi connectivity index (χ1v) is 9.51. The minimum absolute atomic E-state index is 0.0981. The molecule has 0 spiro atoms. The van der Waals surface area contributed by atoms with Gasteiger partial charge in [0.2, 0.25) is 0 Å². The van der Waals surface area contributed by atoms with Gasteiger partial charge in [0.05, 0.1) is 12.8 Å². The fourth-order valence-corrected chi connectivity index (χ4v) is 4.04. The normalized spacial score (nSPS) is 23.8. The molecule has 8 nitrogen and oxygen atoms in total. The van der Waals surface area contributed by atoms with Gasteiger partial charge in [0.25, 0.3) is 0 Å². The van der Waals surface area contributed by atoms with Crippen LogP contribution >= 0.6 is 0 Å². The number of aromatic nitrogens is 4. The van der Waals surface area contributed by atoms with Gasteiger partial charge in [-0.05, 0) is 30.4 Å². The van der Waals surface area contributed by atoms with Crippen molar-refractivity contribution in [2.24, 2.45) is 10.9 Å². The third-order valence-corrected chi connectivity index (χ3v) is 5.41. The molecular weight excluding hydrogens is 344 g/mol. The molecule has 1 amide bonds. The number of hydrogen-bond donors (Lipinski definition) is 1. The van der Waals surface area contributed by atoms with E-state index in [2.05, 4.69) is 37.0 Å². The van der Waals surface area contributed by atoms with Crippen LogP contribution in [0.5, 0.6) is 0 Å². The quantitative estimate of drug-likeness (QED) is 0.874. The predicted molar refractivity (Wildman–Crippen MR) is 99.6 cm³/mol. The molecule has 0 saturated heterocycles. The molecule has 0 bridgehead atoms. The van der Waals surface area contributed by atoms with Crippen LogP contribution in [0.3, 0.4) is 0 Å². The summed E-state index contributed by atoms with van der Waals surface area (Å²) in [5.74, 6) is 2.53. The highest BCUT2D eigenvalue weighted by molar-refractivity contribution is 5.75. The zero-order valence-electron chi connectivity index (χ0n) is 15.4. The number of nitrogens with one attached hydrogen (secondary N) is 1. The highest BCUT2D eigenvalue weighted by atomic mass is 16.6. The Morgan fingerprint density at radius 2 is 2.30 bits per heavy atom. The van der Waals surface area contributed by atoms with Crippen molar-refractivity contribution in [2.75, 3.05) is 6.54 Å². The number of carbonyl (C=O) groups is 1. The monoisotopic (exact) mass is 368 g/mol. The van der Waals surface area contributed by atoms with Gasteiger partial charge in [-0.1, -0.05) is 19.4 Å². The van der Waals surface area contributed by atoms with Crippen molar-refractivity contribution in [1.29, 1.82) is 0 Å².